The van der Waals surface area contributed by atoms with Crippen molar-refractivity contribution in [3.05, 3.63) is 50.6 Å². The number of carbonyl (C=O) groups is 1. The van der Waals surface area contributed by atoms with Crippen LogP contribution >= 0.6 is 11.3 Å². The number of nitrogens with zero attached hydrogens (tertiary/aromatic N) is 3. The van der Waals surface area contributed by atoms with E-state index in [1.54, 1.807) is 11.5 Å². The van der Waals surface area contributed by atoms with Crippen LogP contribution in [-0.4, -0.2) is 15.5 Å². The molecule has 0 radical (unpaired) electrons. The van der Waals surface area contributed by atoms with E-state index in [9.17, 15) is 9.59 Å². The number of benzene rings is 1. The van der Waals surface area contributed by atoms with Crippen molar-refractivity contribution in [1.29, 1.82) is 5.26 Å². The summed E-state index contributed by atoms with van der Waals surface area (Å²) in [4.78, 5) is 30.4. The maximum atomic E-state index is 13.2. The second kappa shape index (κ2) is 7.10. The topological polar surface area (TPSA) is 102 Å². The van der Waals surface area contributed by atoms with Gasteiger partial charge in [-0.2, -0.15) is 5.26 Å². The molecule has 0 atom stereocenters. The van der Waals surface area contributed by atoms with Crippen LogP contribution in [-0.2, 0) is 6.54 Å². The van der Waals surface area contributed by atoms with Gasteiger partial charge in [0, 0.05) is 18.5 Å². The molecular weight excluding hydrogens is 348 g/mol. The van der Waals surface area contributed by atoms with Crippen LogP contribution in [0.25, 0.3) is 21.6 Å². The largest absolute Gasteiger partial charge is 0.365 e. The van der Waals surface area contributed by atoms with Crippen LogP contribution in [0.5, 0.6) is 0 Å². The van der Waals surface area contributed by atoms with Gasteiger partial charge in [-0.25, -0.2) is 4.98 Å². The van der Waals surface area contributed by atoms with Gasteiger partial charge >= 0.3 is 0 Å². The van der Waals surface area contributed by atoms with E-state index >= 15 is 0 Å². The highest BCUT2D eigenvalue weighted by Gasteiger charge is 2.20. The first-order valence-electron chi connectivity index (χ1n) is 8.21. The maximum Gasteiger partial charge on any atom is 0.262 e. The number of hydrogen-bond acceptors (Lipinski definition) is 5. The summed E-state index contributed by atoms with van der Waals surface area (Å²) >= 11 is 1.14. The Balaban J connectivity index is 2.31. The Morgan fingerprint density at radius 3 is 2.81 bits per heavy atom. The minimum Gasteiger partial charge on any atom is -0.365 e. The van der Waals surface area contributed by atoms with E-state index in [2.05, 4.69) is 11.1 Å². The number of nitriles is 1. The van der Waals surface area contributed by atoms with Crippen molar-refractivity contribution in [3.63, 3.8) is 0 Å². The Hall–Kier alpha value is -2.98. The minimum absolute atomic E-state index is 0.203. The fourth-order valence-electron chi connectivity index (χ4n) is 2.98. The molecule has 1 aromatic carbocycles. The number of rotatable bonds is 5. The van der Waals surface area contributed by atoms with Gasteiger partial charge in [0.15, 0.2) is 0 Å². The molecule has 0 saturated heterocycles. The van der Waals surface area contributed by atoms with Crippen molar-refractivity contribution in [3.8, 4) is 17.5 Å². The van der Waals surface area contributed by atoms with Crippen LogP contribution in [0, 0.1) is 25.2 Å². The first kappa shape index (κ1) is 17.8. The predicted molar refractivity (Wildman–Crippen MR) is 102 cm³/mol. The van der Waals surface area contributed by atoms with Crippen molar-refractivity contribution < 1.29 is 4.79 Å². The summed E-state index contributed by atoms with van der Waals surface area (Å²) in [5.74, 6) is -0.0144. The Kier molecular flexibility index (Phi) is 4.87. The van der Waals surface area contributed by atoms with Gasteiger partial charge in [-0.15, -0.1) is 11.3 Å². The summed E-state index contributed by atoms with van der Waals surface area (Å²) < 4.78 is 1.60. The number of nitrogens with two attached hydrogens (primary N) is 1. The summed E-state index contributed by atoms with van der Waals surface area (Å²) in [6.45, 7) is 4.08. The van der Waals surface area contributed by atoms with Gasteiger partial charge in [0.25, 0.3) is 11.5 Å². The van der Waals surface area contributed by atoms with Crippen LogP contribution in [0.15, 0.2) is 29.1 Å². The Morgan fingerprint density at radius 1 is 1.38 bits per heavy atom. The van der Waals surface area contributed by atoms with Crippen molar-refractivity contribution in [2.45, 2.75) is 33.2 Å². The molecule has 2 heterocycles. The highest BCUT2D eigenvalue weighted by molar-refractivity contribution is 7.20. The minimum atomic E-state index is -0.557. The molecule has 26 heavy (non-hydrogen) atoms. The third kappa shape index (κ3) is 3.11. The van der Waals surface area contributed by atoms with Crippen LogP contribution in [0.3, 0.4) is 0 Å². The molecule has 2 N–H and O–H groups in total. The predicted octanol–water partition coefficient (Wildman–Crippen LogP) is 3.14. The van der Waals surface area contributed by atoms with Crippen LogP contribution < -0.4 is 11.3 Å². The summed E-state index contributed by atoms with van der Waals surface area (Å²) in [5.41, 5.74) is 7.68. The number of aryl methyl sites for hydroxylation is 2. The molecule has 3 aromatic rings. The monoisotopic (exact) mass is 366 g/mol. The molecule has 0 saturated carbocycles. The van der Waals surface area contributed by atoms with E-state index in [0.29, 0.717) is 45.9 Å². The molecule has 0 aliphatic carbocycles. The van der Waals surface area contributed by atoms with Crippen molar-refractivity contribution in [2.75, 3.05) is 0 Å². The zero-order valence-corrected chi connectivity index (χ0v) is 15.4. The van der Waals surface area contributed by atoms with E-state index in [1.165, 1.54) is 0 Å². The van der Waals surface area contributed by atoms with Gasteiger partial charge in [-0.05, 0) is 31.9 Å². The number of carbonyl (C=O) groups excluding carboxylic acids is 1. The Labute approximate surface area is 154 Å². The molecule has 132 valence electrons. The lowest BCUT2D eigenvalue weighted by atomic mass is 10.1. The smallest absolute Gasteiger partial charge is 0.262 e. The van der Waals surface area contributed by atoms with Gasteiger partial charge in [0.05, 0.1) is 16.3 Å². The van der Waals surface area contributed by atoms with E-state index in [1.807, 2.05) is 31.2 Å². The molecule has 3 rings (SSSR count). The highest BCUT2D eigenvalue weighted by Crippen LogP contribution is 2.29. The molecule has 0 bridgehead atoms. The Morgan fingerprint density at radius 2 is 2.15 bits per heavy atom. The van der Waals surface area contributed by atoms with Crippen LogP contribution in [0.1, 0.15) is 33.6 Å². The molecule has 6 nitrogen and oxygen atoms in total. The molecule has 7 heteroatoms. The van der Waals surface area contributed by atoms with Crippen molar-refractivity contribution >= 4 is 27.5 Å². The van der Waals surface area contributed by atoms with Gasteiger partial charge in [0.1, 0.15) is 10.7 Å². The van der Waals surface area contributed by atoms with E-state index in [-0.39, 0.29) is 5.56 Å². The van der Waals surface area contributed by atoms with Crippen LogP contribution in [0.4, 0.5) is 0 Å². The van der Waals surface area contributed by atoms with E-state index < -0.39 is 5.91 Å². The number of fused-ring (bicyclic) bond motifs is 1. The average Bonchev–Trinajstić information content (AvgIpc) is 2.94. The molecule has 0 aliphatic rings. The number of primary amides is 1. The molecule has 0 spiro atoms. The lowest BCUT2D eigenvalue weighted by Gasteiger charge is -2.12. The standard InChI is InChI=1S/C19H18N4O2S/c1-11-6-5-7-13(10-11)17-22-18-14(12(2)15(26-18)16(21)24)19(25)23(17)9-4-3-8-20/h5-7,10H,3-4,9H2,1-2H3,(H2,21,24). The average molecular weight is 366 g/mol. The first-order chi connectivity index (χ1) is 12.4. The third-order valence-electron chi connectivity index (χ3n) is 4.22. The summed E-state index contributed by atoms with van der Waals surface area (Å²) in [6, 6.07) is 9.84. The number of unbranched alkanes of at least 4 members (excludes halogenated alkanes) is 1. The fraction of sp³-hybridized carbons (Fsp3) is 0.263. The van der Waals surface area contributed by atoms with Gasteiger partial charge in [-0.1, -0.05) is 23.8 Å². The maximum absolute atomic E-state index is 13.2. The molecular formula is C19H18N4O2S. The summed E-state index contributed by atoms with van der Waals surface area (Å²) in [6.07, 6.45) is 0.904. The number of hydrogen-bond donors (Lipinski definition) is 1. The molecule has 0 aliphatic heterocycles. The number of aromatic nitrogens is 2. The van der Waals surface area contributed by atoms with Gasteiger partial charge < -0.3 is 5.73 Å². The fourth-order valence-corrected chi connectivity index (χ4v) is 4.00. The zero-order valence-electron chi connectivity index (χ0n) is 14.6. The lowest BCUT2D eigenvalue weighted by Crippen LogP contribution is -2.23. The quantitative estimate of drug-likeness (QED) is 0.701. The Bertz CT molecular complexity index is 1110. The second-order valence-electron chi connectivity index (χ2n) is 6.12. The molecule has 0 unspecified atom stereocenters. The second-order valence-corrected chi connectivity index (χ2v) is 7.12. The number of amides is 1. The zero-order chi connectivity index (χ0) is 18.8. The van der Waals surface area contributed by atoms with E-state index in [0.717, 1.165) is 22.5 Å². The molecule has 2 aromatic heterocycles. The molecule has 0 fully saturated rings. The summed E-state index contributed by atoms with van der Waals surface area (Å²) in [5, 5.41) is 9.24. The normalized spacial score (nSPS) is 10.8. The third-order valence-corrected chi connectivity index (χ3v) is 5.42. The van der Waals surface area contributed by atoms with E-state index in [4.69, 9.17) is 11.0 Å². The van der Waals surface area contributed by atoms with Crippen LogP contribution in [0.2, 0.25) is 0 Å². The number of thiophene rings is 1. The SMILES string of the molecule is Cc1cccc(-c2nc3sc(C(N)=O)c(C)c3c(=O)n2CCCC#N)c1. The highest BCUT2D eigenvalue weighted by atomic mass is 32.1. The van der Waals surface area contributed by atoms with Gasteiger partial charge in [0.2, 0.25) is 0 Å². The summed E-state index contributed by atoms with van der Waals surface area (Å²) in [7, 11) is 0. The van der Waals surface area contributed by atoms with Crippen molar-refractivity contribution in [2.24, 2.45) is 5.73 Å². The van der Waals surface area contributed by atoms with Gasteiger partial charge in [-0.3, -0.25) is 14.2 Å². The first-order valence-corrected chi connectivity index (χ1v) is 9.03. The van der Waals surface area contributed by atoms with Crippen molar-refractivity contribution in [1.82, 2.24) is 9.55 Å². The lowest BCUT2D eigenvalue weighted by molar-refractivity contribution is 0.100. The molecule has 1 amide bonds.